The zero-order valence-corrected chi connectivity index (χ0v) is 65.9. The van der Waals surface area contributed by atoms with Crippen molar-refractivity contribution in [1.82, 2.24) is 0 Å². The molecule has 0 saturated heterocycles. The van der Waals surface area contributed by atoms with E-state index < -0.39 is 97.5 Å². The number of hydrogen-bond donors (Lipinski definition) is 3. The highest BCUT2D eigenvalue weighted by Crippen LogP contribution is 2.45. The van der Waals surface area contributed by atoms with Crippen molar-refractivity contribution in [2.45, 2.75) is 432 Å². The van der Waals surface area contributed by atoms with E-state index in [1.54, 1.807) is 0 Å². The summed E-state index contributed by atoms with van der Waals surface area (Å²) in [5, 5.41) is 10.6. The van der Waals surface area contributed by atoms with E-state index >= 15 is 0 Å². The van der Waals surface area contributed by atoms with Gasteiger partial charge in [0.2, 0.25) is 0 Å². The number of carbonyl (C=O) groups excluding carboxylic acids is 4. The summed E-state index contributed by atoms with van der Waals surface area (Å²) in [6, 6.07) is 0. The molecule has 0 aliphatic rings. The predicted molar refractivity (Wildman–Crippen MR) is 400 cm³/mol. The molecule has 0 bridgehead atoms. The first-order valence-corrected chi connectivity index (χ1v) is 44.0. The molecule has 0 rings (SSSR count). The van der Waals surface area contributed by atoms with Gasteiger partial charge in [0.05, 0.1) is 26.4 Å². The third kappa shape index (κ3) is 72.4. The van der Waals surface area contributed by atoms with Crippen LogP contribution in [-0.2, 0) is 65.4 Å². The van der Waals surface area contributed by atoms with Crippen molar-refractivity contribution in [1.29, 1.82) is 0 Å². The molecular formula is C79H154O17P2. The highest BCUT2D eigenvalue weighted by Gasteiger charge is 2.30. The molecule has 582 valence electrons. The van der Waals surface area contributed by atoms with Crippen molar-refractivity contribution >= 4 is 39.5 Å². The van der Waals surface area contributed by atoms with Crippen molar-refractivity contribution < 1.29 is 80.2 Å². The SMILES string of the molecule is CCCCCCCCCCCCCCCCCCC(=O)OC[C@H](COP(=O)(O)OC[C@@H](O)COP(=O)(O)OC[C@@H](COC(=O)CCCCCCCCC)OC(=O)CCCCCCCCCCCCCC(C)C)OC(=O)CCCCCCCCCCCCCCCCCCCCC(C)C. The maximum atomic E-state index is 13.1. The minimum atomic E-state index is -4.96. The molecule has 98 heavy (non-hydrogen) atoms. The summed E-state index contributed by atoms with van der Waals surface area (Å²) in [5.74, 6) is -0.530. The second-order valence-corrected chi connectivity index (χ2v) is 32.3. The standard InChI is InChI=1S/C79H154O17P2/c1-7-9-11-13-15-16-17-18-19-25-28-33-38-44-50-56-62-77(82)90-68-75(96-78(83)63-57-51-45-39-34-29-26-23-21-20-22-24-27-31-36-42-47-53-59-71(3)4)70-94-98(87,88)92-66-73(80)65-91-97(85,86)93-69-74(67-89-76(81)61-55-49-41-14-12-10-8-2)95-79(84)64-58-52-46-40-35-30-32-37-43-48-54-60-72(5)6/h71-75,80H,7-70H2,1-6H3,(H,85,86)(H,87,88)/t73-,74+,75+/m0/s1. The fourth-order valence-electron chi connectivity index (χ4n) is 12.2. The Balaban J connectivity index is 5.17. The number of unbranched alkanes of at least 4 members (excludes halogenated alkanes) is 48. The molecule has 3 N–H and O–H groups in total. The van der Waals surface area contributed by atoms with Crippen LogP contribution in [0.5, 0.6) is 0 Å². The van der Waals surface area contributed by atoms with Crippen LogP contribution in [0.3, 0.4) is 0 Å². The Kier molecular flexibility index (Phi) is 69.3. The molecule has 17 nitrogen and oxygen atoms in total. The number of phosphoric ester groups is 2. The van der Waals surface area contributed by atoms with Gasteiger partial charge in [0, 0.05) is 25.7 Å². The zero-order valence-electron chi connectivity index (χ0n) is 64.1. The van der Waals surface area contributed by atoms with Gasteiger partial charge in [-0.3, -0.25) is 37.3 Å². The summed E-state index contributed by atoms with van der Waals surface area (Å²) >= 11 is 0. The van der Waals surface area contributed by atoms with Gasteiger partial charge < -0.3 is 33.8 Å². The first-order chi connectivity index (χ1) is 47.4. The van der Waals surface area contributed by atoms with Crippen LogP contribution in [0, 0.1) is 11.8 Å². The molecule has 0 amide bonds. The Morgan fingerprint density at radius 3 is 0.694 bits per heavy atom. The molecule has 0 spiro atoms. The summed E-state index contributed by atoms with van der Waals surface area (Å²) in [4.78, 5) is 72.8. The molecule has 2 unspecified atom stereocenters. The maximum Gasteiger partial charge on any atom is 0.472 e. The number of aliphatic hydroxyl groups is 1. The molecule has 0 aromatic heterocycles. The third-order valence-electron chi connectivity index (χ3n) is 18.5. The Hall–Kier alpha value is -1.94. The number of rotatable bonds is 78. The zero-order chi connectivity index (χ0) is 72.1. The molecular weight excluding hydrogens is 1280 g/mol. The summed E-state index contributed by atoms with van der Waals surface area (Å²) < 4.78 is 68.5. The molecule has 0 aromatic carbocycles. The van der Waals surface area contributed by atoms with Crippen LogP contribution >= 0.6 is 15.6 Å². The van der Waals surface area contributed by atoms with Crippen LogP contribution in [0.15, 0.2) is 0 Å². The third-order valence-corrected chi connectivity index (χ3v) is 20.4. The van der Waals surface area contributed by atoms with Crippen LogP contribution in [0.2, 0.25) is 0 Å². The van der Waals surface area contributed by atoms with Crippen molar-refractivity contribution in [2.75, 3.05) is 39.6 Å². The molecule has 19 heteroatoms. The maximum absolute atomic E-state index is 13.1. The molecule has 0 aliphatic carbocycles. The minimum absolute atomic E-state index is 0.106. The van der Waals surface area contributed by atoms with Crippen molar-refractivity contribution in [3.05, 3.63) is 0 Å². The quantitative estimate of drug-likeness (QED) is 0.0222. The summed E-state index contributed by atoms with van der Waals surface area (Å²) in [6.07, 6.45) is 59.8. The Labute approximate surface area is 600 Å². The lowest BCUT2D eigenvalue weighted by Gasteiger charge is -2.21. The first-order valence-electron chi connectivity index (χ1n) is 41.0. The smallest absolute Gasteiger partial charge is 0.462 e. The number of hydrogen-bond acceptors (Lipinski definition) is 15. The second-order valence-electron chi connectivity index (χ2n) is 29.4. The molecule has 0 heterocycles. The van der Waals surface area contributed by atoms with E-state index in [2.05, 4.69) is 41.5 Å². The van der Waals surface area contributed by atoms with Crippen LogP contribution < -0.4 is 0 Å². The van der Waals surface area contributed by atoms with Gasteiger partial charge in [0.1, 0.15) is 19.3 Å². The van der Waals surface area contributed by atoms with E-state index in [9.17, 15) is 43.2 Å². The van der Waals surface area contributed by atoms with Gasteiger partial charge in [-0.05, 0) is 37.5 Å². The fraction of sp³-hybridized carbons (Fsp3) is 0.949. The van der Waals surface area contributed by atoms with Crippen LogP contribution in [0.25, 0.3) is 0 Å². The van der Waals surface area contributed by atoms with E-state index in [1.165, 1.54) is 218 Å². The molecule has 0 saturated carbocycles. The first kappa shape index (κ1) is 96.1. The molecule has 0 radical (unpaired) electrons. The van der Waals surface area contributed by atoms with Crippen molar-refractivity contribution in [3.8, 4) is 0 Å². The normalized spacial score (nSPS) is 13.9. The monoisotopic (exact) mass is 1440 g/mol. The van der Waals surface area contributed by atoms with E-state index in [0.29, 0.717) is 25.7 Å². The highest BCUT2D eigenvalue weighted by molar-refractivity contribution is 7.47. The Bertz CT molecular complexity index is 1890. The van der Waals surface area contributed by atoms with Gasteiger partial charge in [-0.25, -0.2) is 9.13 Å². The number of esters is 4. The number of phosphoric acid groups is 2. The fourth-order valence-corrected chi connectivity index (χ4v) is 13.8. The van der Waals surface area contributed by atoms with E-state index in [4.69, 9.17) is 37.0 Å². The van der Waals surface area contributed by atoms with Crippen LogP contribution in [0.4, 0.5) is 0 Å². The highest BCUT2D eigenvalue weighted by atomic mass is 31.2. The number of carbonyl (C=O) groups is 4. The van der Waals surface area contributed by atoms with Gasteiger partial charge in [0.15, 0.2) is 12.2 Å². The summed E-state index contributed by atoms with van der Waals surface area (Å²) in [5.41, 5.74) is 0. The molecule has 5 atom stereocenters. The van der Waals surface area contributed by atoms with Crippen LogP contribution in [-0.4, -0.2) is 96.7 Å². The van der Waals surface area contributed by atoms with E-state index in [-0.39, 0.29) is 25.7 Å². The van der Waals surface area contributed by atoms with E-state index in [0.717, 1.165) is 115 Å². The van der Waals surface area contributed by atoms with Gasteiger partial charge in [0.25, 0.3) is 0 Å². The lowest BCUT2D eigenvalue weighted by Crippen LogP contribution is -2.30. The van der Waals surface area contributed by atoms with Crippen molar-refractivity contribution in [2.24, 2.45) is 11.8 Å². The topological polar surface area (TPSA) is 237 Å². The molecule has 0 aliphatic heterocycles. The average Bonchev–Trinajstić information content (AvgIpc) is 0.991. The molecule has 0 aromatic rings. The number of ether oxygens (including phenoxy) is 4. The predicted octanol–water partition coefficient (Wildman–Crippen LogP) is 23.5. The average molecular weight is 1440 g/mol. The summed E-state index contributed by atoms with van der Waals surface area (Å²) in [7, 11) is -9.91. The lowest BCUT2D eigenvalue weighted by atomic mass is 10.0. The number of aliphatic hydroxyl groups excluding tert-OH is 1. The van der Waals surface area contributed by atoms with Gasteiger partial charge in [-0.1, -0.05) is 363 Å². The molecule has 0 fully saturated rings. The van der Waals surface area contributed by atoms with Gasteiger partial charge in [-0.15, -0.1) is 0 Å². The van der Waals surface area contributed by atoms with Gasteiger partial charge in [-0.2, -0.15) is 0 Å². The second kappa shape index (κ2) is 70.7. The van der Waals surface area contributed by atoms with Crippen LogP contribution in [0.1, 0.15) is 414 Å². The Morgan fingerprint density at radius 2 is 0.469 bits per heavy atom. The van der Waals surface area contributed by atoms with Crippen molar-refractivity contribution in [3.63, 3.8) is 0 Å². The summed E-state index contributed by atoms with van der Waals surface area (Å²) in [6.45, 7) is 9.62. The lowest BCUT2D eigenvalue weighted by molar-refractivity contribution is -0.161. The Morgan fingerprint density at radius 1 is 0.276 bits per heavy atom. The van der Waals surface area contributed by atoms with Gasteiger partial charge >= 0.3 is 39.5 Å². The largest absolute Gasteiger partial charge is 0.472 e. The van der Waals surface area contributed by atoms with E-state index in [1.807, 2.05) is 0 Å². The minimum Gasteiger partial charge on any atom is -0.462 e.